The summed E-state index contributed by atoms with van der Waals surface area (Å²) in [6.45, 7) is 3.61. The number of nitrogens with zero attached hydrogens (tertiary/aromatic N) is 2. The fraction of sp³-hybridized carbons (Fsp3) is 0.333. The molecule has 0 aliphatic carbocycles. The topological polar surface area (TPSA) is 71.1 Å². The van der Waals surface area contributed by atoms with E-state index in [9.17, 15) is 9.59 Å². The third kappa shape index (κ3) is 4.26. The molecule has 4 rings (SSSR count). The number of urea groups is 1. The van der Waals surface area contributed by atoms with E-state index in [-0.39, 0.29) is 18.6 Å². The van der Waals surface area contributed by atoms with Gasteiger partial charge in [0.1, 0.15) is 0 Å². The number of piperazine rings is 1. The third-order valence-electron chi connectivity index (χ3n) is 5.01. The van der Waals surface area contributed by atoms with Gasteiger partial charge in [-0.15, -0.1) is 0 Å². The van der Waals surface area contributed by atoms with Crippen LogP contribution in [0.3, 0.4) is 0 Å². The zero-order valence-corrected chi connectivity index (χ0v) is 15.6. The zero-order valence-electron chi connectivity index (χ0n) is 15.6. The molecule has 0 unspecified atom stereocenters. The van der Waals surface area contributed by atoms with Crippen molar-refractivity contribution in [2.45, 2.75) is 6.54 Å². The lowest BCUT2D eigenvalue weighted by molar-refractivity contribution is 0.0877. The summed E-state index contributed by atoms with van der Waals surface area (Å²) in [5.74, 6) is 1.33. The molecule has 2 amide bonds. The van der Waals surface area contributed by atoms with Gasteiger partial charge >= 0.3 is 6.03 Å². The number of rotatable bonds is 5. The van der Waals surface area contributed by atoms with Crippen LogP contribution < -0.4 is 14.8 Å². The van der Waals surface area contributed by atoms with E-state index in [2.05, 4.69) is 10.2 Å². The lowest BCUT2D eigenvalue weighted by atomic mass is 10.1. The Morgan fingerprint density at radius 1 is 0.929 bits per heavy atom. The lowest BCUT2D eigenvalue weighted by Crippen LogP contribution is -2.52. The molecule has 0 saturated carbocycles. The van der Waals surface area contributed by atoms with Gasteiger partial charge in [-0.1, -0.05) is 30.3 Å². The maximum absolute atomic E-state index is 12.6. The molecule has 2 aliphatic heterocycles. The number of amides is 2. The van der Waals surface area contributed by atoms with Gasteiger partial charge in [0.2, 0.25) is 6.79 Å². The fourth-order valence-corrected chi connectivity index (χ4v) is 3.36. The van der Waals surface area contributed by atoms with E-state index in [1.165, 1.54) is 0 Å². The Labute approximate surface area is 163 Å². The number of Topliss-reactive ketones (excluding diaryl/α,β-unsaturated/α-hetero) is 1. The molecule has 0 atom stereocenters. The van der Waals surface area contributed by atoms with Crippen molar-refractivity contribution in [3.63, 3.8) is 0 Å². The molecule has 28 heavy (non-hydrogen) atoms. The lowest BCUT2D eigenvalue weighted by Gasteiger charge is -2.34. The van der Waals surface area contributed by atoms with E-state index in [4.69, 9.17) is 9.47 Å². The molecule has 7 nitrogen and oxygen atoms in total. The summed E-state index contributed by atoms with van der Waals surface area (Å²) in [6.07, 6.45) is 0. The summed E-state index contributed by atoms with van der Waals surface area (Å²) < 4.78 is 10.6. The van der Waals surface area contributed by atoms with Crippen molar-refractivity contribution in [2.75, 3.05) is 39.5 Å². The van der Waals surface area contributed by atoms with Crippen LogP contribution in [-0.2, 0) is 6.54 Å². The minimum Gasteiger partial charge on any atom is -0.454 e. The molecular weight excluding hydrogens is 358 g/mol. The molecule has 0 aromatic heterocycles. The predicted molar refractivity (Wildman–Crippen MR) is 104 cm³/mol. The number of hydrogen-bond donors (Lipinski definition) is 1. The normalized spacial score (nSPS) is 16.1. The summed E-state index contributed by atoms with van der Waals surface area (Å²) in [5.41, 5.74) is 1.69. The number of ether oxygens (including phenoxy) is 2. The van der Waals surface area contributed by atoms with Crippen molar-refractivity contribution in [3.05, 3.63) is 59.7 Å². The van der Waals surface area contributed by atoms with Gasteiger partial charge in [0, 0.05) is 38.3 Å². The third-order valence-corrected chi connectivity index (χ3v) is 5.01. The first-order chi connectivity index (χ1) is 13.7. The van der Waals surface area contributed by atoms with E-state index < -0.39 is 0 Å². The molecule has 2 aromatic carbocycles. The van der Waals surface area contributed by atoms with Crippen molar-refractivity contribution in [2.24, 2.45) is 0 Å². The maximum Gasteiger partial charge on any atom is 0.317 e. The van der Waals surface area contributed by atoms with E-state index in [1.807, 2.05) is 30.3 Å². The SMILES string of the molecule is O=C(CN1CCN(C(=O)NCc2ccccc2)CC1)c1ccc2c(c1)OCO2. The highest BCUT2D eigenvalue weighted by Gasteiger charge is 2.23. The van der Waals surface area contributed by atoms with Crippen LogP contribution in [0.4, 0.5) is 4.79 Å². The van der Waals surface area contributed by atoms with Crippen molar-refractivity contribution < 1.29 is 19.1 Å². The number of ketones is 1. The first-order valence-electron chi connectivity index (χ1n) is 9.41. The molecule has 0 spiro atoms. The molecular formula is C21H23N3O4. The van der Waals surface area contributed by atoms with Gasteiger partial charge in [0.25, 0.3) is 0 Å². The van der Waals surface area contributed by atoms with Gasteiger partial charge < -0.3 is 19.7 Å². The van der Waals surface area contributed by atoms with E-state index >= 15 is 0 Å². The van der Waals surface area contributed by atoms with Crippen molar-refractivity contribution in [3.8, 4) is 11.5 Å². The number of fused-ring (bicyclic) bond motifs is 1. The largest absolute Gasteiger partial charge is 0.454 e. The van der Waals surface area contributed by atoms with Crippen LogP contribution in [0.2, 0.25) is 0 Å². The van der Waals surface area contributed by atoms with Crippen LogP contribution >= 0.6 is 0 Å². The van der Waals surface area contributed by atoms with E-state index in [0.29, 0.717) is 56.3 Å². The van der Waals surface area contributed by atoms with Crippen molar-refractivity contribution in [1.29, 1.82) is 0 Å². The smallest absolute Gasteiger partial charge is 0.317 e. The van der Waals surface area contributed by atoms with Gasteiger partial charge in [0.05, 0.1) is 6.54 Å². The van der Waals surface area contributed by atoms with Crippen LogP contribution in [0.25, 0.3) is 0 Å². The van der Waals surface area contributed by atoms with E-state index in [1.54, 1.807) is 23.1 Å². The Bertz CT molecular complexity index is 848. The monoisotopic (exact) mass is 381 g/mol. The summed E-state index contributed by atoms with van der Waals surface area (Å²) in [5, 5.41) is 2.95. The number of carbonyl (C=O) groups excluding carboxylic acids is 2. The second-order valence-corrected chi connectivity index (χ2v) is 6.90. The average Bonchev–Trinajstić information content (AvgIpc) is 3.21. The Morgan fingerprint density at radius 2 is 1.68 bits per heavy atom. The fourth-order valence-electron chi connectivity index (χ4n) is 3.36. The Hall–Kier alpha value is -3.06. The second kappa shape index (κ2) is 8.31. The first-order valence-corrected chi connectivity index (χ1v) is 9.41. The maximum atomic E-state index is 12.6. The summed E-state index contributed by atoms with van der Waals surface area (Å²) in [4.78, 5) is 28.8. The van der Waals surface area contributed by atoms with Gasteiger partial charge in [-0.05, 0) is 23.8 Å². The molecule has 2 heterocycles. The summed E-state index contributed by atoms with van der Waals surface area (Å²) >= 11 is 0. The molecule has 1 saturated heterocycles. The van der Waals surface area contributed by atoms with Crippen LogP contribution in [0.1, 0.15) is 15.9 Å². The second-order valence-electron chi connectivity index (χ2n) is 6.90. The van der Waals surface area contributed by atoms with Crippen LogP contribution in [-0.4, -0.2) is 61.1 Å². The number of hydrogen-bond acceptors (Lipinski definition) is 5. The molecule has 1 N–H and O–H groups in total. The quantitative estimate of drug-likeness (QED) is 0.804. The van der Waals surface area contributed by atoms with Gasteiger partial charge in [0.15, 0.2) is 17.3 Å². The number of benzene rings is 2. The summed E-state index contributed by atoms with van der Waals surface area (Å²) in [6, 6.07) is 15.0. The molecule has 1 fully saturated rings. The molecule has 7 heteroatoms. The molecule has 2 aromatic rings. The van der Waals surface area contributed by atoms with Gasteiger partial charge in [-0.3, -0.25) is 9.69 Å². The zero-order chi connectivity index (χ0) is 19.3. The number of carbonyl (C=O) groups is 2. The Kier molecular flexibility index (Phi) is 5.43. The van der Waals surface area contributed by atoms with Crippen LogP contribution in [0.15, 0.2) is 48.5 Å². The first kappa shape index (κ1) is 18.3. The van der Waals surface area contributed by atoms with E-state index in [0.717, 1.165) is 5.56 Å². The molecule has 2 aliphatic rings. The molecule has 0 bridgehead atoms. The van der Waals surface area contributed by atoms with Gasteiger partial charge in [-0.2, -0.15) is 0 Å². The highest BCUT2D eigenvalue weighted by Crippen LogP contribution is 2.32. The van der Waals surface area contributed by atoms with Crippen LogP contribution in [0.5, 0.6) is 11.5 Å². The average molecular weight is 381 g/mol. The highest BCUT2D eigenvalue weighted by atomic mass is 16.7. The standard InChI is InChI=1S/C21H23N3O4/c25-18(17-6-7-19-20(12-17)28-15-27-19)14-23-8-10-24(11-9-23)21(26)22-13-16-4-2-1-3-5-16/h1-7,12H,8-11,13-15H2,(H,22,26). The molecule has 146 valence electrons. The minimum absolute atomic E-state index is 0.0419. The van der Waals surface area contributed by atoms with Crippen molar-refractivity contribution in [1.82, 2.24) is 15.1 Å². The number of nitrogens with one attached hydrogen (secondary N) is 1. The van der Waals surface area contributed by atoms with Gasteiger partial charge in [-0.25, -0.2) is 4.79 Å². The summed E-state index contributed by atoms with van der Waals surface area (Å²) in [7, 11) is 0. The Morgan fingerprint density at radius 3 is 2.46 bits per heavy atom. The Balaban J connectivity index is 1.23. The van der Waals surface area contributed by atoms with Crippen LogP contribution in [0, 0.1) is 0 Å². The van der Waals surface area contributed by atoms with Crippen molar-refractivity contribution >= 4 is 11.8 Å². The highest BCUT2D eigenvalue weighted by molar-refractivity contribution is 5.98. The minimum atomic E-state index is -0.0643. The predicted octanol–water partition coefficient (Wildman–Crippen LogP) is 2.13. The molecule has 0 radical (unpaired) electrons.